The Kier molecular flexibility index (Phi) is 6.81. The van der Waals surface area contributed by atoms with Gasteiger partial charge in [0.2, 0.25) is 0 Å². The van der Waals surface area contributed by atoms with Gasteiger partial charge in [-0.05, 0) is 44.0 Å². The molecule has 0 aliphatic rings. The fourth-order valence-corrected chi connectivity index (χ4v) is 1.69. The fourth-order valence-electron chi connectivity index (χ4n) is 1.69. The van der Waals surface area contributed by atoms with Crippen LogP contribution in [0.5, 0.6) is 0 Å². The molecule has 1 aromatic rings. The van der Waals surface area contributed by atoms with Crippen molar-refractivity contribution in [3.05, 3.63) is 41.5 Å². The van der Waals surface area contributed by atoms with Gasteiger partial charge >= 0.3 is 5.97 Å². The summed E-state index contributed by atoms with van der Waals surface area (Å²) < 4.78 is 0. The molecule has 2 N–H and O–H groups in total. The minimum Gasteiger partial charge on any atom is -0.481 e. The molecular formula is C15H21NO2. The molecule has 3 heteroatoms. The summed E-state index contributed by atoms with van der Waals surface area (Å²) in [6.45, 7) is 0.990. The molecule has 0 aliphatic carbocycles. The first-order valence-corrected chi connectivity index (χ1v) is 6.34. The molecule has 0 unspecified atom stereocenters. The van der Waals surface area contributed by atoms with Crippen LogP contribution in [0.25, 0.3) is 6.08 Å². The molecule has 0 radical (unpaired) electrons. The summed E-state index contributed by atoms with van der Waals surface area (Å²) in [4.78, 5) is 10.4. The van der Waals surface area contributed by atoms with E-state index in [0.717, 1.165) is 19.4 Å². The van der Waals surface area contributed by atoms with E-state index in [2.05, 4.69) is 41.7 Å². The van der Waals surface area contributed by atoms with Crippen molar-refractivity contribution in [1.29, 1.82) is 0 Å². The van der Waals surface area contributed by atoms with Gasteiger partial charge < -0.3 is 10.4 Å². The molecule has 1 aromatic carbocycles. The van der Waals surface area contributed by atoms with Gasteiger partial charge in [0.05, 0.1) is 0 Å². The Hall–Kier alpha value is -1.61. The van der Waals surface area contributed by atoms with E-state index in [9.17, 15) is 4.79 Å². The summed E-state index contributed by atoms with van der Waals surface area (Å²) in [6.07, 6.45) is 7.06. The minimum absolute atomic E-state index is 0.242. The van der Waals surface area contributed by atoms with Gasteiger partial charge in [-0.1, -0.05) is 36.4 Å². The van der Waals surface area contributed by atoms with E-state index < -0.39 is 5.97 Å². The van der Waals surface area contributed by atoms with Crippen LogP contribution in [0.1, 0.15) is 30.4 Å². The molecular weight excluding hydrogens is 226 g/mol. The van der Waals surface area contributed by atoms with Gasteiger partial charge in [0, 0.05) is 6.42 Å². The zero-order chi connectivity index (χ0) is 13.2. The summed E-state index contributed by atoms with van der Waals surface area (Å²) in [5.74, 6) is -0.723. The van der Waals surface area contributed by atoms with Crippen LogP contribution >= 0.6 is 0 Å². The Morgan fingerprint density at radius 3 is 2.67 bits per heavy atom. The highest BCUT2D eigenvalue weighted by Gasteiger charge is 1.98. The SMILES string of the molecule is CNCCC=Cc1ccc(CCCC(=O)O)cc1. The number of aryl methyl sites for hydroxylation is 1. The monoisotopic (exact) mass is 247 g/mol. The minimum atomic E-state index is -0.723. The molecule has 0 spiro atoms. The predicted molar refractivity (Wildman–Crippen MR) is 74.6 cm³/mol. The molecule has 0 bridgehead atoms. The number of nitrogens with one attached hydrogen (secondary N) is 1. The van der Waals surface area contributed by atoms with E-state index >= 15 is 0 Å². The van der Waals surface area contributed by atoms with Crippen LogP contribution in [0.15, 0.2) is 30.3 Å². The average molecular weight is 247 g/mol. The van der Waals surface area contributed by atoms with Crippen LogP contribution < -0.4 is 5.32 Å². The quantitative estimate of drug-likeness (QED) is 0.694. The lowest BCUT2D eigenvalue weighted by Gasteiger charge is -2.00. The van der Waals surface area contributed by atoms with E-state index in [4.69, 9.17) is 5.11 Å². The number of aliphatic carboxylic acids is 1. The summed E-state index contributed by atoms with van der Waals surface area (Å²) in [5, 5.41) is 11.7. The lowest BCUT2D eigenvalue weighted by Crippen LogP contribution is -2.05. The lowest BCUT2D eigenvalue weighted by atomic mass is 10.1. The molecule has 0 aromatic heterocycles. The molecule has 0 heterocycles. The van der Waals surface area contributed by atoms with Crippen molar-refractivity contribution in [2.24, 2.45) is 0 Å². The Morgan fingerprint density at radius 1 is 1.33 bits per heavy atom. The van der Waals surface area contributed by atoms with Gasteiger partial charge in [0.15, 0.2) is 0 Å². The van der Waals surface area contributed by atoms with Crippen molar-refractivity contribution in [1.82, 2.24) is 5.32 Å². The van der Waals surface area contributed by atoms with Crippen LogP contribution in [0.4, 0.5) is 0 Å². The van der Waals surface area contributed by atoms with E-state index in [-0.39, 0.29) is 6.42 Å². The van der Waals surface area contributed by atoms with E-state index in [0.29, 0.717) is 6.42 Å². The third-order valence-electron chi connectivity index (χ3n) is 2.71. The largest absolute Gasteiger partial charge is 0.481 e. The number of carboxylic acid groups (broad SMARTS) is 1. The Bertz CT molecular complexity index is 382. The molecule has 0 saturated heterocycles. The second-order valence-electron chi connectivity index (χ2n) is 4.28. The smallest absolute Gasteiger partial charge is 0.303 e. The number of hydrogen-bond acceptors (Lipinski definition) is 2. The third kappa shape index (κ3) is 6.21. The van der Waals surface area contributed by atoms with Gasteiger partial charge in [-0.15, -0.1) is 0 Å². The van der Waals surface area contributed by atoms with Crippen LogP contribution in [-0.2, 0) is 11.2 Å². The van der Waals surface area contributed by atoms with Crippen LogP contribution in [-0.4, -0.2) is 24.7 Å². The first-order valence-electron chi connectivity index (χ1n) is 6.34. The van der Waals surface area contributed by atoms with Crippen molar-refractivity contribution in [2.45, 2.75) is 25.7 Å². The van der Waals surface area contributed by atoms with E-state index in [1.807, 2.05) is 7.05 Å². The van der Waals surface area contributed by atoms with Gasteiger partial charge in [0.1, 0.15) is 0 Å². The van der Waals surface area contributed by atoms with Crippen LogP contribution in [0, 0.1) is 0 Å². The summed E-state index contributed by atoms with van der Waals surface area (Å²) in [6, 6.07) is 8.29. The Labute approximate surface area is 109 Å². The van der Waals surface area contributed by atoms with Gasteiger partial charge in [-0.25, -0.2) is 0 Å². The Morgan fingerprint density at radius 2 is 2.06 bits per heavy atom. The van der Waals surface area contributed by atoms with Crippen molar-refractivity contribution in [3.8, 4) is 0 Å². The van der Waals surface area contributed by atoms with Gasteiger partial charge in [-0.2, -0.15) is 0 Å². The molecule has 0 saturated carbocycles. The first-order chi connectivity index (χ1) is 8.72. The lowest BCUT2D eigenvalue weighted by molar-refractivity contribution is -0.137. The molecule has 0 fully saturated rings. The Balaban J connectivity index is 2.37. The number of rotatable bonds is 8. The summed E-state index contributed by atoms with van der Waals surface area (Å²) in [5.41, 5.74) is 2.39. The molecule has 0 atom stereocenters. The van der Waals surface area contributed by atoms with E-state index in [1.54, 1.807) is 0 Å². The fraction of sp³-hybridized carbons (Fsp3) is 0.400. The highest BCUT2D eigenvalue weighted by molar-refractivity contribution is 5.66. The van der Waals surface area contributed by atoms with Gasteiger partial charge in [-0.3, -0.25) is 4.79 Å². The van der Waals surface area contributed by atoms with Crippen LogP contribution in [0.2, 0.25) is 0 Å². The molecule has 98 valence electrons. The molecule has 3 nitrogen and oxygen atoms in total. The number of carbonyl (C=O) groups is 1. The van der Waals surface area contributed by atoms with Crippen LogP contribution in [0.3, 0.4) is 0 Å². The molecule has 18 heavy (non-hydrogen) atoms. The maximum Gasteiger partial charge on any atom is 0.303 e. The second kappa shape index (κ2) is 8.48. The average Bonchev–Trinajstić information content (AvgIpc) is 2.36. The summed E-state index contributed by atoms with van der Waals surface area (Å²) >= 11 is 0. The van der Waals surface area contributed by atoms with Crippen molar-refractivity contribution < 1.29 is 9.90 Å². The van der Waals surface area contributed by atoms with Crippen molar-refractivity contribution >= 4 is 12.0 Å². The zero-order valence-electron chi connectivity index (χ0n) is 10.9. The normalized spacial score (nSPS) is 10.9. The van der Waals surface area contributed by atoms with E-state index in [1.165, 1.54) is 11.1 Å². The number of benzene rings is 1. The number of carboxylic acids is 1. The maximum absolute atomic E-state index is 10.4. The van der Waals surface area contributed by atoms with Crippen molar-refractivity contribution in [2.75, 3.05) is 13.6 Å². The predicted octanol–water partition coefficient (Wildman–Crippen LogP) is 2.72. The zero-order valence-corrected chi connectivity index (χ0v) is 10.9. The first kappa shape index (κ1) is 14.5. The highest BCUT2D eigenvalue weighted by atomic mass is 16.4. The number of hydrogen-bond donors (Lipinski definition) is 2. The standard InChI is InChI=1S/C15H21NO2/c1-16-12-3-2-5-13-8-10-14(11-9-13)6-4-7-15(17)18/h2,5,8-11,16H,3-4,6-7,12H2,1H3,(H,17,18). The molecule has 0 aliphatic heterocycles. The highest BCUT2D eigenvalue weighted by Crippen LogP contribution is 2.09. The van der Waals surface area contributed by atoms with Gasteiger partial charge in [0.25, 0.3) is 0 Å². The molecule has 0 amide bonds. The third-order valence-corrected chi connectivity index (χ3v) is 2.71. The molecule has 1 rings (SSSR count). The topological polar surface area (TPSA) is 49.3 Å². The second-order valence-corrected chi connectivity index (χ2v) is 4.28. The summed E-state index contributed by atoms with van der Waals surface area (Å²) in [7, 11) is 1.94. The van der Waals surface area contributed by atoms with Crippen molar-refractivity contribution in [3.63, 3.8) is 0 Å². The maximum atomic E-state index is 10.4.